The van der Waals surface area contributed by atoms with Gasteiger partial charge >= 0.3 is 0 Å². The number of carbonyl (C=O) groups is 1. The lowest BCUT2D eigenvalue weighted by molar-refractivity contribution is -0.134. The number of nitrogens with one attached hydrogen (secondary N) is 1. The average molecular weight is 470 g/mol. The molecule has 2 aliphatic heterocycles. The minimum atomic E-state index is -3.68. The van der Waals surface area contributed by atoms with E-state index in [1.54, 1.807) is 18.2 Å². The summed E-state index contributed by atoms with van der Waals surface area (Å²) in [5, 5.41) is 4.82. The van der Waals surface area contributed by atoms with Crippen LogP contribution in [0.4, 0.5) is 0 Å². The highest BCUT2D eigenvalue weighted by atomic mass is 35.5. The Bertz CT molecular complexity index is 1000. The summed E-state index contributed by atoms with van der Waals surface area (Å²) in [4.78, 5) is 14.4. The van der Waals surface area contributed by atoms with E-state index in [2.05, 4.69) is 5.32 Å². The fraction of sp³-hybridized carbons (Fsp3) is 0.571. The Kier molecular flexibility index (Phi) is 6.99. The molecule has 0 aliphatic carbocycles. The summed E-state index contributed by atoms with van der Waals surface area (Å²) in [5.74, 6) is 0.705. The van der Waals surface area contributed by atoms with Crippen LogP contribution in [0.1, 0.15) is 32.1 Å². The highest BCUT2D eigenvalue weighted by molar-refractivity contribution is 7.91. The van der Waals surface area contributed by atoms with Crippen molar-refractivity contribution in [2.24, 2.45) is 5.92 Å². The van der Waals surface area contributed by atoms with Crippen molar-refractivity contribution in [2.75, 3.05) is 39.3 Å². The molecule has 2 saturated heterocycles. The number of halogens is 1. The first-order valence-corrected chi connectivity index (χ1v) is 13.2. The van der Waals surface area contributed by atoms with Crippen molar-refractivity contribution >= 4 is 49.0 Å². The van der Waals surface area contributed by atoms with E-state index < -0.39 is 10.0 Å². The number of amides is 1. The van der Waals surface area contributed by atoms with E-state index in [4.69, 9.17) is 11.6 Å². The predicted octanol–water partition coefficient (Wildman–Crippen LogP) is 3.56. The van der Waals surface area contributed by atoms with Crippen LogP contribution >= 0.6 is 22.9 Å². The third-order valence-corrected chi connectivity index (χ3v) is 9.71. The SMILES string of the molecule is O=C1CN(S(=O)(=O)c2cc3ccc(Cl)cc3s2)CCN1CCCCC1CCNCC1. The summed E-state index contributed by atoms with van der Waals surface area (Å²) in [6, 6.07) is 7.01. The number of piperidine rings is 1. The van der Waals surface area contributed by atoms with Crippen molar-refractivity contribution in [3.63, 3.8) is 0 Å². The maximum atomic E-state index is 13.1. The smallest absolute Gasteiger partial charge is 0.253 e. The van der Waals surface area contributed by atoms with Gasteiger partial charge in [-0.25, -0.2) is 8.42 Å². The minimum Gasteiger partial charge on any atom is -0.340 e. The number of rotatable bonds is 7. The number of piperazine rings is 1. The van der Waals surface area contributed by atoms with Gasteiger partial charge in [-0.3, -0.25) is 4.79 Å². The van der Waals surface area contributed by atoms with Crippen LogP contribution in [0.25, 0.3) is 10.1 Å². The van der Waals surface area contributed by atoms with Crippen LogP contribution in [-0.2, 0) is 14.8 Å². The zero-order valence-corrected chi connectivity index (χ0v) is 19.4. The van der Waals surface area contributed by atoms with Gasteiger partial charge in [0.25, 0.3) is 10.0 Å². The molecule has 1 aromatic carbocycles. The van der Waals surface area contributed by atoms with Gasteiger partial charge in [0.05, 0.1) is 6.54 Å². The van der Waals surface area contributed by atoms with E-state index >= 15 is 0 Å². The minimum absolute atomic E-state index is 0.0777. The number of fused-ring (bicyclic) bond motifs is 1. The number of thiophene rings is 1. The molecule has 3 heterocycles. The summed E-state index contributed by atoms with van der Waals surface area (Å²) >= 11 is 7.22. The van der Waals surface area contributed by atoms with Gasteiger partial charge in [-0.05, 0) is 61.9 Å². The molecule has 1 N–H and O–H groups in total. The number of nitrogens with zero attached hydrogens (tertiary/aromatic N) is 2. The van der Waals surface area contributed by atoms with E-state index in [1.165, 1.54) is 34.9 Å². The van der Waals surface area contributed by atoms with Crippen LogP contribution in [0, 0.1) is 5.92 Å². The molecule has 0 radical (unpaired) electrons. The molecule has 1 amide bonds. The van der Waals surface area contributed by atoms with Gasteiger partial charge in [0.1, 0.15) is 4.21 Å². The van der Waals surface area contributed by atoms with Crippen molar-refractivity contribution < 1.29 is 13.2 Å². The van der Waals surface area contributed by atoms with Gasteiger partial charge in [-0.1, -0.05) is 30.5 Å². The number of hydrogen-bond donors (Lipinski definition) is 1. The third-order valence-electron chi connectivity index (χ3n) is 6.09. The number of carbonyl (C=O) groups excluding carboxylic acids is 1. The van der Waals surface area contributed by atoms with Gasteiger partial charge in [0.15, 0.2) is 0 Å². The molecule has 9 heteroatoms. The molecule has 0 bridgehead atoms. The van der Waals surface area contributed by atoms with Crippen LogP contribution in [0.3, 0.4) is 0 Å². The maximum absolute atomic E-state index is 13.1. The first kappa shape index (κ1) is 22.0. The number of sulfonamides is 1. The van der Waals surface area contributed by atoms with E-state index in [0.29, 0.717) is 18.1 Å². The molecule has 2 aromatic rings. The Morgan fingerprint density at radius 2 is 1.93 bits per heavy atom. The van der Waals surface area contributed by atoms with Gasteiger partial charge in [0.2, 0.25) is 5.91 Å². The van der Waals surface area contributed by atoms with Crippen LogP contribution in [0.2, 0.25) is 5.02 Å². The highest BCUT2D eigenvalue weighted by Crippen LogP contribution is 2.33. The molecular weight excluding hydrogens is 442 g/mol. The molecule has 0 spiro atoms. The molecule has 30 heavy (non-hydrogen) atoms. The zero-order valence-electron chi connectivity index (χ0n) is 17.0. The van der Waals surface area contributed by atoms with Gasteiger partial charge in [-0.2, -0.15) is 4.31 Å². The average Bonchev–Trinajstić information content (AvgIpc) is 3.17. The maximum Gasteiger partial charge on any atom is 0.253 e. The first-order valence-electron chi connectivity index (χ1n) is 10.6. The molecule has 0 unspecified atom stereocenters. The van der Waals surface area contributed by atoms with E-state index in [0.717, 1.165) is 48.5 Å². The topological polar surface area (TPSA) is 69.7 Å². The van der Waals surface area contributed by atoms with Crippen LogP contribution in [0.5, 0.6) is 0 Å². The van der Waals surface area contributed by atoms with Crippen molar-refractivity contribution in [3.05, 3.63) is 29.3 Å². The fourth-order valence-electron chi connectivity index (χ4n) is 4.27. The van der Waals surface area contributed by atoms with E-state index in [1.807, 2.05) is 11.0 Å². The Balaban J connectivity index is 1.31. The molecule has 0 atom stereocenters. The Morgan fingerprint density at radius 1 is 1.13 bits per heavy atom. The summed E-state index contributed by atoms with van der Waals surface area (Å²) in [7, 11) is -3.68. The molecule has 2 aliphatic rings. The van der Waals surface area contributed by atoms with Crippen LogP contribution in [-0.4, -0.2) is 62.8 Å². The van der Waals surface area contributed by atoms with Crippen LogP contribution in [0.15, 0.2) is 28.5 Å². The molecule has 6 nitrogen and oxygen atoms in total. The summed E-state index contributed by atoms with van der Waals surface area (Å²) in [6.07, 6.45) is 5.83. The normalized spacial score (nSPS) is 19.6. The Labute approximate surface area is 187 Å². The summed E-state index contributed by atoms with van der Waals surface area (Å²) < 4.78 is 28.5. The lowest BCUT2D eigenvalue weighted by Gasteiger charge is -2.33. The van der Waals surface area contributed by atoms with Gasteiger partial charge < -0.3 is 10.2 Å². The molecule has 164 valence electrons. The molecule has 4 rings (SSSR count). The highest BCUT2D eigenvalue weighted by Gasteiger charge is 2.33. The van der Waals surface area contributed by atoms with Crippen molar-refractivity contribution in [3.8, 4) is 0 Å². The second kappa shape index (κ2) is 9.53. The largest absolute Gasteiger partial charge is 0.340 e. The predicted molar refractivity (Wildman–Crippen MR) is 122 cm³/mol. The van der Waals surface area contributed by atoms with Crippen molar-refractivity contribution in [1.82, 2.24) is 14.5 Å². The van der Waals surface area contributed by atoms with Crippen molar-refractivity contribution in [2.45, 2.75) is 36.3 Å². The second-order valence-corrected chi connectivity index (χ2v) is 11.8. The Hall–Kier alpha value is -1.19. The second-order valence-electron chi connectivity index (χ2n) is 8.16. The van der Waals surface area contributed by atoms with Gasteiger partial charge in [0, 0.05) is 29.4 Å². The molecule has 2 fully saturated rings. The monoisotopic (exact) mass is 469 g/mol. The first-order chi connectivity index (χ1) is 14.4. The van der Waals surface area contributed by atoms with Crippen LogP contribution < -0.4 is 5.32 Å². The standard InChI is InChI=1S/C21H28ClN3O3S2/c22-18-5-4-17-13-21(29-19(17)14-18)30(27,28)25-12-11-24(20(26)15-25)10-2-1-3-16-6-8-23-9-7-16/h4-5,13-14,16,23H,1-3,6-12,15H2. The lowest BCUT2D eigenvalue weighted by atomic mass is 9.92. The molecule has 0 saturated carbocycles. The summed E-state index contributed by atoms with van der Waals surface area (Å²) in [6.45, 7) is 3.68. The van der Waals surface area contributed by atoms with E-state index in [-0.39, 0.29) is 16.7 Å². The number of unbranched alkanes of at least 4 members (excludes halogenated alkanes) is 1. The van der Waals surface area contributed by atoms with Gasteiger partial charge in [-0.15, -0.1) is 11.3 Å². The van der Waals surface area contributed by atoms with E-state index in [9.17, 15) is 13.2 Å². The van der Waals surface area contributed by atoms with Crippen molar-refractivity contribution in [1.29, 1.82) is 0 Å². The molecular formula is C21H28ClN3O3S2. The lowest BCUT2D eigenvalue weighted by Crippen LogP contribution is -2.52. The quantitative estimate of drug-likeness (QED) is 0.629. The molecule has 1 aromatic heterocycles. The zero-order chi connectivity index (χ0) is 21.1. The summed E-state index contributed by atoms with van der Waals surface area (Å²) in [5.41, 5.74) is 0. The number of hydrogen-bond acceptors (Lipinski definition) is 5. The third kappa shape index (κ3) is 4.99. The Morgan fingerprint density at radius 3 is 2.70 bits per heavy atom. The number of benzene rings is 1. The fourth-order valence-corrected chi connectivity index (χ4v) is 7.48.